The van der Waals surface area contributed by atoms with Crippen molar-refractivity contribution >= 4 is 29.2 Å². The molecule has 0 aliphatic rings. The summed E-state index contributed by atoms with van der Waals surface area (Å²) >= 11 is 5.85. The van der Waals surface area contributed by atoms with Crippen molar-refractivity contribution in [1.82, 2.24) is 5.32 Å². The monoisotopic (exact) mass is 420 g/mol. The third kappa shape index (κ3) is 6.87. The van der Waals surface area contributed by atoms with E-state index < -0.39 is 18.5 Å². The van der Waals surface area contributed by atoms with E-state index in [0.29, 0.717) is 42.7 Å². The second-order valence-corrected chi connectivity index (χ2v) is 6.49. The highest BCUT2D eigenvalue weighted by Crippen LogP contribution is 2.28. The zero-order valence-electron chi connectivity index (χ0n) is 16.5. The first-order valence-electron chi connectivity index (χ1n) is 9.32. The molecule has 8 heteroatoms. The fraction of sp³-hybridized carbons (Fsp3) is 0.333. The number of amides is 1. The van der Waals surface area contributed by atoms with Crippen molar-refractivity contribution in [2.24, 2.45) is 0 Å². The molecule has 2 aromatic rings. The number of nitrogens with two attached hydrogens (primary N) is 1. The van der Waals surface area contributed by atoms with Crippen LogP contribution in [0.2, 0.25) is 5.02 Å². The molecule has 0 heterocycles. The van der Waals surface area contributed by atoms with E-state index in [1.807, 2.05) is 32.0 Å². The van der Waals surface area contributed by atoms with Crippen LogP contribution in [0.3, 0.4) is 0 Å². The number of halogens is 1. The van der Waals surface area contributed by atoms with Gasteiger partial charge in [0.15, 0.2) is 18.1 Å². The Morgan fingerprint density at radius 2 is 1.76 bits per heavy atom. The summed E-state index contributed by atoms with van der Waals surface area (Å²) in [5, 5.41) is 3.07. The van der Waals surface area contributed by atoms with Crippen LogP contribution in [0, 0.1) is 0 Å². The summed E-state index contributed by atoms with van der Waals surface area (Å²) in [7, 11) is 0. The van der Waals surface area contributed by atoms with Crippen molar-refractivity contribution in [3.63, 3.8) is 0 Å². The Hall–Kier alpha value is -2.93. The van der Waals surface area contributed by atoms with Gasteiger partial charge in [-0.25, -0.2) is 4.79 Å². The van der Waals surface area contributed by atoms with Crippen LogP contribution in [0.25, 0.3) is 0 Å². The molecule has 0 aromatic heterocycles. The first kappa shape index (κ1) is 22.4. The molecule has 0 fully saturated rings. The first-order chi connectivity index (χ1) is 13.9. The summed E-state index contributed by atoms with van der Waals surface area (Å²) in [6.45, 7) is 4.87. The van der Waals surface area contributed by atoms with Gasteiger partial charge in [0.1, 0.15) is 0 Å². The average molecular weight is 421 g/mol. The normalized spacial score (nSPS) is 10.3. The van der Waals surface area contributed by atoms with Crippen molar-refractivity contribution in [3.8, 4) is 11.5 Å². The zero-order valence-corrected chi connectivity index (χ0v) is 17.3. The molecule has 3 N–H and O–H groups in total. The van der Waals surface area contributed by atoms with Crippen molar-refractivity contribution in [2.75, 3.05) is 32.1 Å². The van der Waals surface area contributed by atoms with Gasteiger partial charge in [-0.1, -0.05) is 17.7 Å². The van der Waals surface area contributed by atoms with E-state index in [1.165, 1.54) is 12.1 Å². The number of hydrogen-bond acceptors (Lipinski definition) is 6. The van der Waals surface area contributed by atoms with E-state index in [4.69, 9.17) is 31.5 Å². The van der Waals surface area contributed by atoms with Gasteiger partial charge in [-0.3, -0.25) is 4.79 Å². The quantitative estimate of drug-likeness (QED) is 0.452. The fourth-order valence-corrected chi connectivity index (χ4v) is 2.73. The van der Waals surface area contributed by atoms with Gasteiger partial charge >= 0.3 is 5.97 Å². The molecule has 2 rings (SSSR count). The van der Waals surface area contributed by atoms with E-state index in [-0.39, 0.29) is 11.3 Å². The molecule has 0 bridgehead atoms. The fourth-order valence-electron chi connectivity index (χ4n) is 2.56. The van der Waals surface area contributed by atoms with E-state index in [1.54, 1.807) is 6.07 Å². The Morgan fingerprint density at radius 3 is 2.48 bits per heavy atom. The van der Waals surface area contributed by atoms with Gasteiger partial charge in [-0.15, -0.1) is 0 Å². The van der Waals surface area contributed by atoms with Gasteiger partial charge in [0.25, 0.3) is 5.91 Å². The molecule has 0 aliphatic heterocycles. The summed E-state index contributed by atoms with van der Waals surface area (Å²) in [6, 6.07) is 10.1. The predicted molar refractivity (Wildman–Crippen MR) is 112 cm³/mol. The molecule has 0 spiro atoms. The maximum Gasteiger partial charge on any atom is 0.340 e. The Kier molecular flexibility index (Phi) is 8.61. The number of benzene rings is 2. The van der Waals surface area contributed by atoms with E-state index in [2.05, 4.69) is 5.32 Å². The third-order valence-corrected chi connectivity index (χ3v) is 4.15. The lowest BCUT2D eigenvalue weighted by molar-refractivity contribution is -0.124. The smallest absolute Gasteiger partial charge is 0.340 e. The Morgan fingerprint density at radius 1 is 1.03 bits per heavy atom. The molecule has 0 saturated heterocycles. The third-order valence-electron chi connectivity index (χ3n) is 3.91. The largest absolute Gasteiger partial charge is 0.490 e. The number of hydrogen-bond donors (Lipinski definition) is 2. The summed E-state index contributed by atoms with van der Waals surface area (Å²) in [6.07, 6.45) is 0.591. The second kappa shape index (κ2) is 11.2. The molecule has 29 heavy (non-hydrogen) atoms. The van der Waals surface area contributed by atoms with Gasteiger partial charge in [0.05, 0.1) is 18.8 Å². The maximum absolute atomic E-state index is 12.0. The van der Waals surface area contributed by atoms with Gasteiger partial charge in [0, 0.05) is 17.3 Å². The van der Waals surface area contributed by atoms with Gasteiger partial charge in [-0.2, -0.15) is 0 Å². The molecule has 2 aromatic carbocycles. The summed E-state index contributed by atoms with van der Waals surface area (Å²) < 4.78 is 16.1. The van der Waals surface area contributed by atoms with E-state index in [9.17, 15) is 9.59 Å². The molecule has 156 valence electrons. The SMILES string of the molecule is CCOc1ccc(CCNC(=O)COC(=O)c2cc(Cl)ccc2N)cc1OCC. The van der Waals surface area contributed by atoms with Gasteiger partial charge < -0.3 is 25.3 Å². The number of ether oxygens (including phenoxy) is 3. The standard InChI is InChI=1S/C21H25ClN2O5/c1-3-27-18-8-5-14(11-19(18)28-4-2)9-10-24-20(25)13-29-21(26)16-12-15(22)6-7-17(16)23/h5-8,11-12H,3-4,9-10,13,23H2,1-2H3,(H,24,25). The summed E-state index contributed by atoms with van der Waals surface area (Å²) in [4.78, 5) is 24.0. The molecule has 7 nitrogen and oxygen atoms in total. The van der Waals surface area contributed by atoms with Crippen molar-refractivity contribution in [1.29, 1.82) is 0 Å². The average Bonchev–Trinajstić information content (AvgIpc) is 2.70. The molecule has 0 unspecified atom stereocenters. The van der Waals surface area contributed by atoms with Crippen LogP contribution in [0.5, 0.6) is 11.5 Å². The molecule has 0 atom stereocenters. The van der Waals surface area contributed by atoms with Crippen molar-refractivity contribution in [3.05, 3.63) is 52.5 Å². The Balaban J connectivity index is 1.81. The Labute approximate surface area is 175 Å². The maximum atomic E-state index is 12.0. The topological polar surface area (TPSA) is 99.9 Å². The van der Waals surface area contributed by atoms with Gasteiger partial charge in [-0.05, 0) is 56.2 Å². The highest BCUT2D eigenvalue weighted by molar-refractivity contribution is 6.31. The summed E-state index contributed by atoms with van der Waals surface area (Å²) in [5.74, 6) is 0.253. The number of nitrogens with one attached hydrogen (secondary N) is 1. The van der Waals surface area contributed by atoms with Crippen molar-refractivity contribution < 1.29 is 23.8 Å². The highest BCUT2D eigenvalue weighted by Gasteiger charge is 2.14. The van der Waals surface area contributed by atoms with Gasteiger partial charge in [0.2, 0.25) is 0 Å². The second-order valence-electron chi connectivity index (χ2n) is 6.05. The van der Waals surface area contributed by atoms with Crippen LogP contribution < -0.4 is 20.5 Å². The molecule has 1 amide bonds. The molecule has 0 aliphatic carbocycles. The van der Waals surface area contributed by atoms with E-state index in [0.717, 1.165) is 5.56 Å². The number of carbonyl (C=O) groups excluding carboxylic acids is 2. The van der Waals surface area contributed by atoms with Crippen LogP contribution in [0.15, 0.2) is 36.4 Å². The molecule has 0 radical (unpaired) electrons. The van der Waals surface area contributed by atoms with Crippen LogP contribution in [-0.4, -0.2) is 38.2 Å². The number of esters is 1. The molecular weight excluding hydrogens is 396 g/mol. The van der Waals surface area contributed by atoms with E-state index >= 15 is 0 Å². The summed E-state index contributed by atoms with van der Waals surface area (Å²) in [5.41, 5.74) is 7.08. The minimum absolute atomic E-state index is 0.128. The molecule has 0 saturated carbocycles. The number of nitrogen functional groups attached to an aromatic ring is 1. The predicted octanol–water partition coefficient (Wildman–Crippen LogP) is 3.24. The van der Waals surface area contributed by atoms with Crippen LogP contribution >= 0.6 is 11.6 Å². The highest BCUT2D eigenvalue weighted by atomic mass is 35.5. The lowest BCUT2D eigenvalue weighted by Crippen LogP contribution is -2.30. The molecular formula is C21H25ClN2O5. The lowest BCUT2D eigenvalue weighted by atomic mass is 10.1. The number of rotatable bonds is 10. The minimum atomic E-state index is -0.701. The number of anilines is 1. The van der Waals surface area contributed by atoms with Crippen LogP contribution in [-0.2, 0) is 16.0 Å². The van der Waals surface area contributed by atoms with Crippen molar-refractivity contribution in [2.45, 2.75) is 20.3 Å². The minimum Gasteiger partial charge on any atom is -0.490 e. The first-order valence-corrected chi connectivity index (χ1v) is 9.69. The van der Waals surface area contributed by atoms with Crippen LogP contribution in [0.4, 0.5) is 5.69 Å². The Bertz CT molecular complexity index is 857. The zero-order chi connectivity index (χ0) is 21.2. The number of carbonyl (C=O) groups is 2. The van der Waals surface area contributed by atoms with Crippen LogP contribution in [0.1, 0.15) is 29.8 Å². The lowest BCUT2D eigenvalue weighted by Gasteiger charge is -2.13.